The molecular formula is C31H32Cl2N2O4S. The predicted octanol–water partition coefficient (Wildman–Crippen LogP) is 7.92. The summed E-state index contributed by atoms with van der Waals surface area (Å²) < 4.78 is 35.0. The molecule has 6 nitrogen and oxygen atoms in total. The quantitative estimate of drug-likeness (QED) is 0.276. The van der Waals surface area contributed by atoms with Gasteiger partial charge >= 0.3 is 0 Å². The van der Waals surface area contributed by atoms with Crippen molar-refractivity contribution in [1.29, 1.82) is 0 Å². The highest BCUT2D eigenvalue weighted by Gasteiger charge is 2.53. The van der Waals surface area contributed by atoms with Gasteiger partial charge in [-0.25, -0.2) is 8.42 Å². The summed E-state index contributed by atoms with van der Waals surface area (Å²) in [7, 11) is -4.00. The number of nitrogens with one attached hydrogen (secondary N) is 2. The number of carbonyl (C=O) groups is 1. The second-order valence-electron chi connectivity index (χ2n) is 11.8. The fraction of sp³-hybridized carbons (Fsp3) is 0.387. The Hall–Kier alpha value is -2.74. The highest BCUT2D eigenvalue weighted by atomic mass is 35.5. The van der Waals surface area contributed by atoms with Crippen LogP contribution in [-0.2, 0) is 10.0 Å². The van der Waals surface area contributed by atoms with Crippen LogP contribution in [0.5, 0.6) is 11.5 Å². The minimum Gasteiger partial charge on any atom is -0.456 e. The van der Waals surface area contributed by atoms with Crippen LogP contribution in [0.15, 0.2) is 71.6 Å². The molecule has 0 spiro atoms. The third-order valence-corrected chi connectivity index (χ3v) is 10.9. The highest BCUT2D eigenvalue weighted by Crippen LogP contribution is 2.61. The molecule has 0 saturated heterocycles. The van der Waals surface area contributed by atoms with Crippen molar-refractivity contribution < 1.29 is 17.9 Å². The van der Waals surface area contributed by atoms with Crippen molar-refractivity contribution >= 4 is 44.8 Å². The van der Waals surface area contributed by atoms with Crippen molar-refractivity contribution in [3.05, 3.63) is 82.3 Å². The smallest absolute Gasteiger partial charge is 0.261 e. The Morgan fingerprint density at radius 1 is 0.925 bits per heavy atom. The van der Waals surface area contributed by atoms with Gasteiger partial charge in [-0.15, -0.1) is 0 Å². The number of halogens is 2. The Labute approximate surface area is 245 Å². The SMILES string of the molecule is C[C@H](NC(=O)c1cc(Cl)ccc1NS(=O)(=O)c1ccc(Oc2ccccc2Cl)cc1)C12CC3CC(CC(C3)C1)C2. The van der Waals surface area contributed by atoms with Crippen molar-refractivity contribution in [1.82, 2.24) is 5.32 Å². The first-order valence-electron chi connectivity index (χ1n) is 13.8. The Balaban J connectivity index is 1.18. The van der Waals surface area contributed by atoms with E-state index in [4.69, 9.17) is 27.9 Å². The summed E-state index contributed by atoms with van der Waals surface area (Å²) in [6, 6.07) is 17.6. The molecule has 210 valence electrons. The molecule has 40 heavy (non-hydrogen) atoms. The summed E-state index contributed by atoms with van der Waals surface area (Å²) in [5.74, 6) is 2.88. The van der Waals surface area contributed by atoms with Gasteiger partial charge in [-0.2, -0.15) is 0 Å². The molecule has 7 rings (SSSR count). The lowest BCUT2D eigenvalue weighted by Crippen LogP contribution is -2.55. The first-order chi connectivity index (χ1) is 19.1. The lowest BCUT2D eigenvalue weighted by Gasteiger charge is -2.59. The third kappa shape index (κ3) is 5.44. The van der Waals surface area contributed by atoms with Crippen LogP contribution in [0, 0.1) is 23.2 Å². The van der Waals surface area contributed by atoms with Gasteiger partial charge in [0.05, 0.1) is 21.2 Å². The van der Waals surface area contributed by atoms with Crippen molar-refractivity contribution in [2.24, 2.45) is 23.2 Å². The van der Waals surface area contributed by atoms with E-state index in [1.165, 1.54) is 43.5 Å². The van der Waals surface area contributed by atoms with Crippen molar-refractivity contribution in [3.8, 4) is 11.5 Å². The van der Waals surface area contributed by atoms with E-state index in [1.54, 1.807) is 42.5 Å². The zero-order valence-electron chi connectivity index (χ0n) is 22.2. The number of hydrogen-bond donors (Lipinski definition) is 2. The van der Waals surface area contributed by atoms with E-state index in [1.807, 2.05) is 0 Å². The molecule has 4 aliphatic rings. The number of ether oxygens (including phenoxy) is 1. The topological polar surface area (TPSA) is 84.5 Å². The molecule has 4 fully saturated rings. The summed E-state index contributed by atoms with van der Waals surface area (Å²) >= 11 is 12.4. The minimum absolute atomic E-state index is 0.0116. The second kappa shape index (κ2) is 10.6. The number of benzene rings is 3. The molecule has 2 N–H and O–H groups in total. The van der Waals surface area contributed by atoms with Crippen LogP contribution in [0.1, 0.15) is 55.8 Å². The molecule has 0 radical (unpaired) electrons. The zero-order chi connectivity index (χ0) is 28.1. The second-order valence-corrected chi connectivity index (χ2v) is 14.3. The number of rotatable bonds is 8. The summed E-state index contributed by atoms with van der Waals surface area (Å²) in [6.07, 6.45) is 7.46. The van der Waals surface area contributed by atoms with Gasteiger partial charge in [0.15, 0.2) is 0 Å². The van der Waals surface area contributed by atoms with Gasteiger partial charge in [-0.05, 0) is 123 Å². The number of para-hydroxylation sites is 1. The molecule has 4 saturated carbocycles. The molecule has 4 aliphatic carbocycles. The molecule has 0 aliphatic heterocycles. The lowest BCUT2D eigenvalue weighted by molar-refractivity contribution is -0.0687. The molecule has 3 aromatic rings. The molecule has 9 heteroatoms. The Kier molecular flexibility index (Phi) is 7.26. The van der Waals surface area contributed by atoms with E-state index in [0.717, 1.165) is 37.0 Å². The van der Waals surface area contributed by atoms with Gasteiger partial charge in [0.25, 0.3) is 15.9 Å². The van der Waals surface area contributed by atoms with Gasteiger partial charge in [-0.1, -0.05) is 35.3 Å². The van der Waals surface area contributed by atoms with E-state index in [-0.39, 0.29) is 33.5 Å². The van der Waals surface area contributed by atoms with Crippen molar-refractivity contribution in [3.63, 3.8) is 0 Å². The number of amides is 1. The van der Waals surface area contributed by atoms with E-state index in [9.17, 15) is 13.2 Å². The first-order valence-corrected chi connectivity index (χ1v) is 16.0. The number of anilines is 1. The average molecular weight is 600 g/mol. The fourth-order valence-electron chi connectivity index (χ4n) is 7.47. The van der Waals surface area contributed by atoms with Crippen LogP contribution < -0.4 is 14.8 Å². The van der Waals surface area contributed by atoms with Crippen molar-refractivity contribution in [2.75, 3.05) is 4.72 Å². The maximum Gasteiger partial charge on any atom is 0.261 e. The molecule has 0 heterocycles. The van der Waals surface area contributed by atoms with Gasteiger partial charge < -0.3 is 10.1 Å². The summed E-state index contributed by atoms with van der Waals surface area (Å²) in [4.78, 5) is 13.6. The van der Waals surface area contributed by atoms with Crippen LogP contribution in [0.2, 0.25) is 10.0 Å². The fourth-order valence-corrected chi connectivity index (χ4v) is 8.90. The number of hydrogen-bond acceptors (Lipinski definition) is 4. The average Bonchev–Trinajstić information content (AvgIpc) is 2.90. The van der Waals surface area contributed by atoms with E-state index in [0.29, 0.717) is 21.5 Å². The first kappa shape index (κ1) is 27.4. The lowest BCUT2D eigenvalue weighted by atomic mass is 9.48. The largest absolute Gasteiger partial charge is 0.456 e. The maximum absolute atomic E-state index is 13.6. The minimum atomic E-state index is -4.00. The molecule has 0 aromatic heterocycles. The molecule has 0 unspecified atom stereocenters. The van der Waals surface area contributed by atoms with E-state index >= 15 is 0 Å². The van der Waals surface area contributed by atoms with E-state index in [2.05, 4.69) is 17.0 Å². The Bertz CT molecular complexity index is 1510. The maximum atomic E-state index is 13.6. The summed E-state index contributed by atoms with van der Waals surface area (Å²) in [6.45, 7) is 2.10. The van der Waals surface area contributed by atoms with E-state index < -0.39 is 10.0 Å². The predicted molar refractivity (Wildman–Crippen MR) is 158 cm³/mol. The standard InChI is InChI=1S/C31H32Cl2N2O4S/c1-19(31-16-20-12-21(17-31)14-22(13-20)18-31)34-30(36)26-15-23(32)6-11-28(26)35-40(37,38)25-9-7-24(8-10-25)39-29-5-3-2-4-27(29)33/h2-11,15,19-22,35H,12-14,16-18H2,1H3,(H,34,36)/t19-,20?,21?,22?,31?/m0/s1. The summed E-state index contributed by atoms with van der Waals surface area (Å²) in [5, 5.41) is 4.03. The normalized spacial score (nSPS) is 25.8. The van der Waals surface area contributed by atoms with Gasteiger partial charge in [0.2, 0.25) is 0 Å². The third-order valence-electron chi connectivity index (χ3n) is 9.02. The molecule has 1 atom stereocenters. The summed E-state index contributed by atoms with van der Waals surface area (Å²) in [5.41, 5.74) is 0.499. The Morgan fingerprint density at radius 3 is 2.17 bits per heavy atom. The number of carbonyl (C=O) groups excluding carboxylic acids is 1. The van der Waals surface area contributed by atoms with Crippen LogP contribution >= 0.6 is 23.2 Å². The van der Waals surface area contributed by atoms with Crippen LogP contribution in [-0.4, -0.2) is 20.4 Å². The zero-order valence-corrected chi connectivity index (χ0v) is 24.5. The molecular weight excluding hydrogens is 567 g/mol. The van der Waals surface area contributed by atoms with Gasteiger partial charge in [0, 0.05) is 11.1 Å². The Morgan fingerprint density at radius 2 is 1.55 bits per heavy atom. The van der Waals surface area contributed by atoms with Crippen molar-refractivity contribution in [2.45, 2.75) is 56.4 Å². The van der Waals surface area contributed by atoms with Crippen LogP contribution in [0.4, 0.5) is 5.69 Å². The molecule has 1 amide bonds. The number of sulfonamides is 1. The van der Waals surface area contributed by atoms with Gasteiger partial charge in [0.1, 0.15) is 11.5 Å². The molecule has 4 bridgehead atoms. The van der Waals surface area contributed by atoms with Gasteiger partial charge in [-0.3, -0.25) is 9.52 Å². The monoisotopic (exact) mass is 598 g/mol. The highest BCUT2D eigenvalue weighted by molar-refractivity contribution is 7.92. The molecule has 3 aromatic carbocycles. The van der Waals surface area contributed by atoms with Crippen LogP contribution in [0.25, 0.3) is 0 Å². The van der Waals surface area contributed by atoms with Crippen LogP contribution in [0.3, 0.4) is 0 Å².